The van der Waals surface area contributed by atoms with Crippen molar-refractivity contribution in [2.24, 2.45) is 0 Å². The molecule has 0 aliphatic rings. The van der Waals surface area contributed by atoms with Gasteiger partial charge in [-0.05, 0) is 57.6 Å². The van der Waals surface area contributed by atoms with Gasteiger partial charge >= 0.3 is 0 Å². The lowest BCUT2D eigenvalue weighted by Gasteiger charge is -2.10. The van der Waals surface area contributed by atoms with Crippen LogP contribution < -0.4 is 0 Å². The first-order chi connectivity index (χ1) is 7.58. The second-order valence-electron chi connectivity index (χ2n) is 3.56. The van der Waals surface area contributed by atoms with Gasteiger partial charge in [0.05, 0.1) is 5.38 Å². The number of hydrogen-bond donors (Lipinski definition) is 0. The highest BCUT2D eigenvalue weighted by molar-refractivity contribution is 9.10. The number of thiophene rings is 1. The van der Waals surface area contributed by atoms with E-state index in [1.54, 1.807) is 11.3 Å². The zero-order chi connectivity index (χ0) is 11.7. The molecule has 0 N–H and O–H groups in total. The van der Waals surface area contributed by atoms with Crippen molar-refractivity contribution in [1.29, 1.82) is 0 Å². The van der Waals surface area contributed by atoms with Crippen molar-refractivity contribution in [1.82, 2.24) is 0 Å². The van der Waals surface area contributed by atoms with Gasteiger partial charge in [-0.2, -0.15) is 0 Å². The first kappa shape index (κ1) is 12.1. The monoisotopic (exact) mass is 318 g/mol. The van der Waals surface area contributed by atoms with E-state index in [9.17, 15) is 4.39 Å². The van der Waals surface area contributed by atoms with Crippen LogP contribution in [0.5, 0.6) is 0 Å². The van der Waals surface area contributed by atoms with Crippen LogP contribution >= 0.6 is 38.9 Å². The van der Waals surface area contributed by atoms with E-state index in [1.807, 2.05) is 24.4 Å². The number of aryl methyl sites for hydroxylation is 1. The van der Waals surface area contributed by atoms with E-state index in [1.165, 1.54) is 12.1 Å². The molecule has 0 nitrogen and oxygen atoms in total. The van der Waals surface area contributed by atoms with Gasteiger partial charge in [0.2, 0.25) is 0 Å². The average molecular weight is 320 g/mol. The fourth-order valence-electron chi connectivity index (χ4n) is 1.55. The van der Waals surface area contributed by atoms with Crippen LogP contribution in [0.1, 0.15) is 21.4 Å². The molecule has 84 valence electrons. The Hall–Kier alpha value is -0.380. The van der Waals surface area contributed by atoms with Crippen LogP contribution in [0.15, 0.2) is 34.1 Å². The summed E-state index contributed by atoms with van der Waals surface area (Å²) in [7, 11) is 0. The second-order valence-corrected chi connectivity index (χ2v) is 5.80. The molecule has 2 rings (SSSR count). The number of benzene rings is 1. The van der Waals surface area contributed by atoms with Crippen molar-refractivity contribution in [3.63, 3.8) is 0 Å². The maximum Gasteiger partial charge on any atom is 0.123 e. The SMILES string of the molecule is Cc1cc(F)cc(C(Cl)c2sccc2Br)c1. The minimum absolute atomic E-state index is 0.242. The van der Waals surface area contributed by atoms with Gasteiger partial charge in [0.25, 0.3) is 0 Å². The third-order valence-electron chi connectivity index (χ3n) is 2.23. The van der Waals surface area contributed by atoms with Crippen molar-refractivity contribution in [2.75, 3.05) is 0 Å². The Kier molecular flexibility index (Phi) is 3.67. The fraction of sp³-hybridized carbons (Fsp3) is 0.167. The van der Waals surface area contributed by atoms with Crippen LogP contribution in [-0.4, -0.2) is 0 Å². The highest BCUT2D eigenvalue weighted by Crippen LogP contribution is 2.37. The normalized spacial score (nSPS) is 12.8. The van der Waals surface area contributed by atoms with Crippen molar-refractivity contribution >= 4 is 38.9 Å². The first-order valence-corrected chi connectivity index (χ1v) is 6.83. The molecule has 4 heteroatoms. The molecule has 1 aromatic carbocycles. The molecule has 1 heterocycles. The molecule has 2 aromatic rings. The highest BCUT2D eigenvalue weighted by Gasteiger charge is 2.16. The van der Waals surface area contributed by atoms with Crippen LogP contribution in [0.2, 0.25) is 0 Å². The molecular weight excluding hydrogens is 311 g/mol. The Morgan fingerprint density at radius 3 is 2.69 bits per heavy atom. The van der Waals surface area contributed by atoms with Gasteiger partial charge in [0.15, 0.2) is 0 Å². The maximum atomic E-state index is 13.3. The predicted molar refractivity (Wildman–Crippen MR) is 70.9 cm³/mol. The van der Waals surface area contributed by atoms with E-state index in [4.69, 9.17) is 11.6 Å². The molecule has 1 unspecified atom stereocenters. The Labute approximate surface area is 111 Å². The van der Waals surface area contributed by atoms with E-state index >= 15 is 0 Å². The molecule has 0 saturated carbocycles. The summed E-state index contributed by atoms with van der Waals surface area (Å²) < 4.78 is 14.2. The van der Waals surface area contributed by atoms with E-state index in [2.05, 4.69) is 15.9 Å². The third-order valence-corrected chi connectivity index (χ3v) is 4.77. The minimum Gasteiger partial charge on any atom is -0.207 e. The summed E-state index contributed by atoms with van der Waals surface area (Å²) in [5.74, 6) is -0.242. The van der Waals surface area contributed by atoms with Gasteiger partial charge in [-0.3, -0.25) is 0 Å². The van der Waals surface area contributed by atoms with Crippen LogP contribution in [0.3, 0.4) is 0 Å². The molecule has 0 aliphatic carbocycles. The van der Waals surface area contributed by atoms with E-state index in [-0.39, 0.29) is 11.2 Å². The molecule has 1 aromatic heterocycles. The lowest BCUT2D eigenvalue weighted by atomic mass is 10.1. The summed E-state index contributed by atoms with van der Waals surface area (Å²) in [6.07, 6.45) is 0. The number of rotatable bonds is 2. The molecule has 1 atom stereocenters. The number of alkyl halides is 1. The average Bonchev–Trinajstić information content (AvgIpc) is 2.62. The summed E-state index contributed by atoms with van der Waals surface area (Å²) >= 11 is 11.3. The van der Waals surface area contributed by atoms with Crippen LogP contribution in [0.4, 0.5) is 4.39 Å². The van der Waals surface area contributed by atoms with Gasteiger partial charge in [-0.1, -0.05) is 6.07 Å². The summed E-state index contributed by atoms with van der Waals surface area (Å²) in [5.41, 5.74) is 1.68. The van der Waals surface area contributed by atoms with Gasteiger partial charge in [0, 0.05) is 9.35 Å². The standard InChI is InChI=1S/C12H9BrClFS/c1-7-4-8(6-9(15)5-7)11(14)12-10(13)2-3-16-12/h2-6,11H,1H3. The predicted octanol–water partition coefficient (Wildman–Crippen LogP) is 5.29. The quantitative estimate of drug-likeness (QED) is 0.660. The van der Waals surface area contributed by atoms with E-state index < -0.39 is 0 Å². The highest BCUT2D eigenvalue weighted by atomic mass is 79.9. The van der Waals surface area contributed by atoms with Gasteiger partial charge in [0.1, 0.15) is 5.82 Å². The molecule has 0 bridgehead atoms. The summed E-state index contributed by atoms with van der Waals surface area (Å²) in [6, 6.07) is 6.84. The lowest BCUT2D eigenvalue weighted by molar-refractivity contribution is 0.624. The zero-order valence-electron chi connectivity index (χ0n) is 8.51. The third kappa shape index (κ3) is 2.47. The molecule has 0 saturated heterocycles. The van der Waals surface area contributed by atoms with Crippen LogP contribution in [0.25, 0.3) is 0 Å². The topological polar surface area (TPSA) is 0 Å². The summed E-state index contributed by atoms with van der Waals surface area (Å²) in [6.45, 7) is 1.86. The van der Waals surface area contributed by atoms with Crippen molar-refractivity contribution in [3.05, 3.63) is 55.9 Å². The van der Waals surface area contributed by atoms with Crippen molar-refractivity contribution in [2.45, 2.75) is 12.3 Å². The van der Waals surface area contributed by atoms with Gasteiger partial charge in [-0.25, -0.2) is 4.39 Å². The van der Waals surface area contributed by atoms with Crippen molar-refractivity contribution < 1.29 is 4.39 Å². The molecule has 16 heavy (non-hydrogen) atoms. The Bertz CT molecular complexity index is 489. The van der Waals surface area contributed by atoms with Crippen LogP contribution in [0, 0.1) is 12.7 Å². The maximum absolute atomic E-state index is 13.3. The molecule has 0 aliphatic heterocycles. The smallest absolute Gasteiger partial charge is 0.123 e. The Balaban J connectivity index is 2.41. The molecule has 0 spiro atoms. The summed E-state index contributed by atoms with van der Waals surface area (Å²) in [4.78, 5) is 1.01. The lowest BCUT2D eigenvalue weighted by Crippen LogP contribution is -1.93. The molecule has 0 amide bonds. The number of hydrogen-bond acceptors (Lipinski definition) is 1. The Morgan fingerprint density at radius 2 is 2.12 bits per heavy atom. The fourth-order valence-corrected chi connectivity index (χ4v) is 3.68. The van der Waals surface area contributed by atoms with Gasteiger partial charge < -0.3 is 0 Å². The Morgan fingerprint density at radius 1 is 1.38 bits per heavy atom. The summed E-state index contributed by atoms with van der Waals surface area (Å²) in [5, 5.41) is 1.66. The molecule has 0 radical (unpaired) electrons. The largest absolute Gasteiger partial charge is 0.207 e. The number of halogens is 3. The zero-order valence-corrected chi connectivity index (χ0v) is 11.7. The minimum atomic E-state index is -0.302. The van der Waals surface area contributed by atoms with Gasteiger partial charge in [-0.15, -0.1) is 22.9 Å². The van der Waals surface area contributed by atoms with Crippen LogP contribution in [-0.2, 0) is 0 Å². The van der Waals surface area contributed by atoms with E-state index in [0.717, 1.165) is 20.5 Å². The van der Waals surface area contributed by atoms with E-state index in [0.29, 0.717) is 0 Å². The molecule has 0 fully saturated rings. The van der Waals surface area contributed by atoms with Crippen molar-refractivity contribution in [3.8, 4) is 0 Å². The second kappa shape index (κ2) is 4.86. The molecular formula is C12H9BrClFS. The first-order valence-electron chi connectivity index (χ1n) is 4.72.